The number of rotatable bonds is 8. The van der Waals surface area contributed by atoms with E-state index in [-0.39, 0.29) is 24.0 Å². The number of nitrogens with zero attached hydrogens (tertiary/aromatic N) is 1. The van der Waals surface area contributed by atoms with Crippen LogP contribution in [-0.2, 0) is 0 Å². The summed E-state index contributed by atoms with van der Waals surface area (Å²) >= 11 is 0. The molecule has 6 nitrogen and oxygen atoms in total. The van der Waals surface area contributed by atoms with E-state index in [1.807, 2.05) is 18.4 Å². The van der Waals surface area contributed by atoms with E-state index in [4.69, 9.17) is 4.74 Å². The van der Waals surface area contributed by atoms with Crippen LogP contribution in [0.15, 0.2) is 54.6 Å². The lowest BCUT2D eigenvalue weighted by molar-refractivity contribution is -0.0498. The Kier molecular flexibility index (Phi) is 6.69. The molecule has 0 fully saturated rings. The van der Waals surface area contributed by atoms with Gasteiger partial charge in [0.25, 0.3) is 5.91 Å². The average molecular weight is 428 g/mol. The zero-order valence-corrected chi connectivity index (χ0v) is 17.3. The van der Waals surface area contributed by atoms with Crippen molar-refractivity contribution in [2.75, 3.05) is 13.7 Å². The summed E-state index contributed by atoms with van der Waals surface area (Å²) in [6.45, 7) is 0.614. The third-order valence-corrected chi connectivity index (χ3v) is 4.77. The van der Waals surface area contributed by atoms with Crippen molar-refractivity contribution in [2.45, 2.75) is 20.5 Å². The maximum atomic E-state index is 12.7. The van der Waals surface area contributed by atoms with E-state index >= 15 is 0 Å². The van der Waals surface area contributed by atoms with Gasteiger partial charge >= 0.3 is 6.61 Å². The van der Waals surface area contributed by atoms with Gasteiger partial charge in [0.2, 0.25) is 5.78 Å². The second-order valence-electron chi connectivity index (χ2n) is 6.81. The number of nitrogens with one attached hydrogen (secondary N) is 1. The number of aryl methyl sites for hydroxylation is 1. The fourth-order valence-electron chi connectivity index (χ4n) is 3.29. The summed E-state index contributed by atoms with van der Waals surface area (Å²) in [5, 5.41) is 2.53. The van der Waals surface area contributed by atoms with Crippen molar-refractivity contribution >= 4 is 11.7 Å². The van der Waals surface area contributed by atoms with Gasteiger partial charge in [0.15, 0.2) is 6.61 Å². The molecule has 0 unspecified atom stereocenters. The molecule has 2 aromatic carbocycles. The van der Waals surface area contributed by atoms with Crippen LogP contribution in [0.3, 0.4) is 0 Å². The highest BCUT2D eigenvalue weighted by molar-refractivity contribution is 5.99. The van der Waals surface area contributed by atoms with Crippen molar-refractivity contribution in [3.8, 4) is 17.2 Å². The number of amides is 1. The predicted octanol–water partition coefficient (Wildman–Crippen LogP) is 4.32. The van der Waals surface area contributed by atoms with E-state index < -0.39 is 6.61 Å². The van der Waals surface area contributed by atoms with Crippen LogP contribution in [0.4, 0.5) is 8.78 Å². The molecule has 0 aliphatic heterocycles. The standard InChI is InChI=1S/C23H22F2N2O4/c1-14-12-20(15(2)27(14)17-6-10-19(11-7-17)31-23(24)25)21(28)13-30-18-8-4-16(5-9-18)22(29)26-3/h4-12,23H,13H2,1-3H3,(H,26,29). The summed E-state index contributed by atoms with van der Waals surface area (Å²) < 4.78 is 36.5. The van der Waals surface area contributed by atoms with Gasteiger partial charge in [-0.25, -0.2) is 0 Å². The number of carbonyl (C=O) groups excluding carboxylic acids is 2. The summed E-state index contributed by atoms with van der Waals surface area (Å²) in [5.41, 5.74) is 3.25. The van der Waals surface area contributed by atoms with E-state index in [2.05, 4.69) is 10.1 Å². The molecule has 0 atom stereocenters. The molecule has 3 aromatic rings. The minimum absolute atomic E-state index is 0.0633. The minimum atomic E-state index is -2.88. The zero-order valence-electron chi connectivity index (χ0n) is 17.3. The van der Waals surface area contributed by atoms with Crippen molar-refractivity contribution < 1.29 is 27.8 Å². The summed E-state index contributed by atoms with van der Waals surface area (Å²) in [7, 11) is 1.55. The van der Waals surface area contributed by atoms with Crippen LogP contribution < -0.4 is 14.8 Å². The van der Waals surface area contributed by atoms with E-state index in [0.29, 0.717) is 22.6 Å². The Morgan fingerprint density at radius 2 is 1.61 bits per heavy atom. The largest absolute Gasteiger partial charge is 0.485 e. The summed E-state index contributed by atoms with van der Waals surface area (Å²) in [6.07, 6.45) is 0. The molecular weight excluding hydrogens is 406 g/mol. The summed E-state index contributed by atoms with van der Waals surface area (Å²) in [6, 6.07) is 14.5. The molecular formula is C23H22F2N2O4. The molecule has 0 aliphatic rings. The molecule has 0 aliphatic carbocycles. The second kappa shape index (κ2) is 9.42. The van der Waals surface area contributed by atoms with Crippen LogP contribution in [0.2, 0.25) is 0 Å². The molecule has 8 heteroatoms. The van der Waals surface area contributed by atoms with Gasteiger partial charge in [-0.15, -0.1) is 0 Å². The number of alkyl halides is 2. The van der Waals surface area contributed by atoms with Crippen molar-refractivity contribution in [1.82, 2.24) is 9.88 Å². The van der Waals surface area contributed by atoms with Crippen LogP contribution in [0, 0.1) is 13.8 Å². The third kappa shape index (κ3) is 5.09. The highest BCUT2D eigenvalue weighted by atomic mass is 19.3. The van der Waals surface area contributed by atoms with Crippen LogP contribution >= 0.6 is 0 Å². The number of Topliss-reactive ketones (excluding diaryl/α,β-unsaturated/α-hetero) is 1. The molecule has 1 aromatic heterocycles. The van der Waals surface area contributed by atoms with Crippen LogP contribution in [-0.4, -0.2) is 36.5 Å². The minimum Gasteiger partial charge on any atom is -0.485 e. The Morgan fingerprint density at radius 3 is 2.19 bits per heavy atom. The third-order valence-electron chi connectivity index (χ3n) is 4.77. The lowest BCUT2D eigenvalue weighted by atomic mass is 10.1. The monoisotopic (exact) mass is 428 g/mol. The van der Waals surface area contributed by atoms with Gasteiger partial charge in [0.05, 0.1) is 0 Å². The van der Waals surface area contributed by atoms with Gasteiger partial charge in [-0.05, 0) is 68.4 Å². The topological polar surface area (TPSA) is 69.6 Å². The van der Waals surface area contributed by atoms with E-state index in [0.717, 1.165) is 11.4 Å². The van der Waals surface area contributed by atoms with Crippen LogP contribution in [0.5, 0.6) is 11.5 Å². The lowest BCUT2D eigenvalue weighted by Crippen LogP contribution is -2.17. The normalized spacial score (nSPS) is 10.8. The average Bonchev–Trinajstić information content (AvgIpc) is 3.06. The van der Waals surface area contributed by atoms with E-state index in [9.17, 15) is 18.4 Å². The first-order chi connectivity index (χ1) is 14.8. The number of ether oxygens (including phenoxy) is 2. The number of carbonyl (C=O) groups is 2. The summed E-state index contributed by atoms with van der Waals surface area (Å²) in [4.78, 5) is 24.3. The van der Waals surface area contributed by atoms with Crippen LogP contribution in [0.25, 0.3) is 5.69 Å². The maximum Gasteiger partial charge on any atom is 0.387 e. The molecule has 1 N–H and O–H groups in total. The Morgan fingerprint density at radius 1 is 1.00 bits per heavy atom. The molecule has 1 amide bonds. The van der Waals surface area contributed by atoms with Gasteiger partial charge in [-0.3, -0.25) is 9.59 Å². The van der Waals surface area contributed by atoms with Gasteiger partial charge in [-0.2, -0.15) is 8.78 Å². The predicted molar refractivity (Wildman–Crippen MR) is 112 cm³/mol. The van der Waals surface area contributed by atoms with Crippen molar-refractivity contribution in [1.29, 1.82) is 0 Å². The molecule has 3 rings (SSSR count). The molecule has 162 valence electrons. The van der Waals surface area contributed by atoms with Crippen LogP contribution in [0.1, 0.15) is 32.1 Å². The van der Waals surface area contributed by atoms with Crippen molar-refractivity contribution in [3.05, 3.63) is 77.1 Å². The number of benzene rings is 2. The number of hydrogen-bond donors (Lipinski definition) is 1. The highest BCUT2D eigenvalue weighted by Gasteiger charge is 2.17. The zero-order chi connectivity index (χ0) is 22.5. The number of halogens is 2. The maximum absolute atomic E-state index is 12.7. The molecule has 0 radical (unpaired) electrons. The molecule has 0 spiro atoms. The first-order valence-corrected chi connectivity index (χ1v) is 9.52. The second-order valence-corrected chi connectivity index (χ2v) is 6.81. The molecule has 1 heterocycles. The number of aromatic nitrogens is 1. The fourth-order valence-corrected chi connectivity index (χ4v) is 3.29. The first kappa shape index (κ1) is 22.0. The fraction of sp³-hybridized carbons (Fsp3) is 0.217. The lowest BCUT2D eigenvalue weighted by Gasteiger charge is -2.11. The van der Waals surface area contributed by atoms with E-state index in [1.54, 1.807) is 49.5 Å². The SMILES string of the molecule is CNC(=O)c1ccc(OCC(=O)c2cc(C)n(-c3ccc(OC(F)F)cc3)c2C)cc1. The molecule has 31 heavy (non-hydrogen) atoms. The number of hydrogen-bond acceptors (Lipinski definition) is 4. The smallest absolute Gasteiger partial charge is 0.387 e. The highest BCUT2D eigenvalue weighted by Crippen LogP contribution is 2.24. The van der Waals surface area contributed by atoms with Gasteiger partial charge in [-0.1, -0.05) is 0 Å². The quantitative estimate of drug-likeness (QED) is 0.543. The Hall–Kier alpha value is -3.68. The summed E-state index contributed by atoms with van der Waals surface area (Å²) in [5.74, 6) is 0.133. The van der Waals surface area contributed by atoms with E-state index in [1.165, 1.54) is 12.1 Å². The van der Waals surface area contributed by atoms with Gasteiger partial charge in [0, 0.05) is 35.2 Å². The van der Waals surface area contributed by atoms with Crippen molar-refractivity contribution in [3.63, 3.8) is 0 Å². The Bertz CT molecular complexity index is 1070. The molecule has 0 bridgehead atoms. The Labute approximate surface area is 178 Å². The van der Waals surface area contributed by atoms with Gasteiger partial charge < -0.3 is 19.4 Å². The first-order valence-electron chi connectivity index (χ1n) is 9.52. The van der Waals surface area contributed by atoms with Gasteiger partial charge in [0.1, 0.15) is 11.5 Å². The number of ketones is 1. The van der Waals surface area contributed by atoms with Crippen molar-refractivity contribution in [2.24, 2.45) is 0 Å². The molecule has 0 saturated heterocycles. The molecule has 0 saturated carbocycles. The Balaban J connectivity index is 1.72.